The van der Waals surface area contributed by atoms with Crippen LogP contribution in [0.5, 0.6) is 0 Å². The smallest absolute Gasteiger partial charge is 0.246 e. The number of rotatable bonds is 7. The van der Waals surface area contributed by atoms with Crippen molar-refractivity contribution in [3.8, 4) is 22.6 Å². The standard InChI is InChI=1S/C18H20ClN5O2/c1-23-9-7-21-18(23)17-15(13-3-5-14(19)6-4-13)11-24(22-17)10-8-20-16(25)12-26-2/h3-7,9,11H,8,10,12H2,1-2H3,(H,20,25). The summed E-state index contributed by atoms with van der Waals surface area (Å²) in [5.74, 6) is 0.624. The first-order valence-electron chi connectivity index (χ1n) is 8.15. The Morgan fingerprint density at radius 3 is 2.73 bits per heavy atom. The minimum atomic E-state index is -0.151. The average Bonchev–Trinajstić information content (AvgIpc) is 3.22. The van der Waals surface area contributed by atoms with Crippen molar-refractivity contribution in [1.82, 2.24) is 24.6 Å². The lowest BCUT2D eigenvalue weighted by Crippen LogP contribution is -2.30. The Morgan fingerprint density at radius 1 is 1.31 bits per heavy atom. The van der Waals surface area contributed by atoms with Crippen molar-refractivity contribution in [1.29, 1.82) is 0 Å². The van der Waals surface area contributed by atoms with E-state index in [2.05, 4.69) is 15.4 Å². The van der Waals surface area contributed by atoms with Gasteiger partial charge in [-0.3, -0.25) is 9.48 Å². The lowest BCUT2D eigenvalue weighted by Gasteiger charge is -2.04. The fraction of sp³-hybridized carbons (Fsp3) is 0.278. The van der Waals surface area contributed by atoms with Gasteiger partial charge in [-0.25, -0.2) is 4.98 Å². The lowest BCUT2D eigenvalue weighted by molar-refractivity contribution is -0.124. The zero-order chi connectivity index (χ0) is 18.5. The van der Waals surface area contributed by atoms with Crippen LogP contribution in [0.25, 0.3) is 22.6 Å². The van der Waals surface area contributed by atoms with Crippen LogP contribution >= 0.6 is 11.6 Å². The molecule has 2 heterocycles. The SMILES string of the molecule is COCC(=O)NCCn1cc(-c2ccc(Cl)cc2)c(-c2nccn2C)n1. The molecular formula is C18H20ClN5O2. The summed E-state index contributed by atoms with van der Waals surface area (Å²) in [4.78, 5) is 15.9. The fourth-order valence-electron chi connectivity index (χ4n) is 2.63. The van der Waals surface area contributed by atoms with Crippen molar-refractivity contribution >= 4 is 17.5 Å². The highest BCUT2D eigenvalue weighted by Gasteiger charge is 2.16. The molecule has 26 heavy (non-hydrogen) atoms. The molecule has 0 unspecified atom stereocenters. The number of nitrogens with one attached hydrogen (secondary N) is 1. The summed E-state index contributed by atoms with van der Waals surface area (Å²) in [6.45, 7) is 1.05. The quantitative estimate of drug-likeness (QED) is 0.690. The number of aromatic nitrogens is 4. The highest BCUT2D eigenvalue weighted by Crippen LogP contribution is 2.30. The third kappa shape index (κ3) is 4.12. The highest BCUT2D eigenvalue weighted by atomic mass is 35.5. The first-order valence-corrected chi connectivity index (χ1v) is 8.53. The number of methoxy groups -OCH3 is 1. The van der Waals surface area contributed by atoms with Gasteiger partial charge in [-0.05, 0) is 17.7 Å². The van der Waals surface area contributed by atoms with Gasteiger partial charge in [0.1, 0.15) is 12.3 Å². The van der Waals surface area contributed by atoms with Crippen LogP contribution in [-0.2, 0) is 23.1 Å². The Balaban J connectivity index is 1.87. The van der Waals surface area contributed by atoms with E-state index in [4.69, 9.17) is 16.3 Å². The molecule has 0 saturated heterocycles. The van der Waals surface area contributed by atoms with Gasteiger partial charge in [-0.15, -0.1) is 0 Å². The molecule has 0 spiro atoms. The first kappa shape index (κ1) is 18.2. The second-order valence-corrected chi connectivity index (χ2v) is 6.24. The van der Waals surface area contributed by atoms with Crippen LogP contribution < -0.4 is 5.32 Å². The third-order valence-electron chi connectivity index (χ3n) is 3.89. The van der Waals surface area contributed by atoms with E-state index in [1.165, 1.54) is 7.11 Å². The van der Waals surface area contributed by atoms with Crippen molar-refractivity contribution in [2.75, 3.05) is 20.3 Å². The second kappa shape index (κ2) is 8.16. The average molecular weight is 374 g/mol. The zero-order valence-electron chi connectivity index (χ0n) is 14.6. The monoisotopic (exact) mass is 373 g/mol. The van der Waals surface area contributed by atoms with E-state index < -0.39 is 0 Å². The summed E-state index contributed by atoms with van der Waals surface area (Å²) in [7, 11) is 3.42. The van der Waals surface area contributed by atoms with Crippen LogP contribution in [0.3, 0.4) is 0 Å². The number of hydrogen-bond donors (Lipinski definition) is 1. The maximum Gasteiger partial charge on any atom is 0.246 e. The van der Waals surface area contributed by atoms with E-state index in [0.717, 1.165) is 22.6 Å². The largest absolute Gasteiger partial charge is 0.375 e. The number of amides is 1. The van der Waals surface area contributed by atoms with Gasteiger partial charge in [0.15, 0.2) is 5.82 Å². The molecule has 0 atom stereocenters. The molecule has 0 fully saturated rings. The summed E-state index contributed by atoms with van der Waals surface area (Å²) >= 11 is 6.01. The van der Waals surface area contributed by atoms with Gasteiger partial charge in [-0.2, -0.15) is 5.10 Å². The zero-order valence-corrected chi connectivity index (χ0v) is 15.4. The number of halogens is 1. The predicted molar refractivity (Wildman–Crippen MR) is 99.8 cm³/mol. The molecule has 3 aromatic rings. The summed E-state index contributed by atoms with van der Waals surface area (Å²) in [5, 5.41) is 8.15. The van der Waals surface area contributed by atoms with Crippen LogP contribution in [0.15, 0.2) is 42.9 Å². The third-order valence-corrected chi connectivity index (χ3v) is 4.14. The van der Waals surface area contributed by atoms with Crippen molar-refractivity contribution in [2.45, 2.75) is 6.54 Å². The summed E-state index contributed by atoms with van der Waals surface area (Å²) < 4.78 is 8.53. The number of ether oxygens (including phenoxy) is 1. The number of hydrogen-bond acceptors (Lipinski definition) is 4. The molecule has 0 saturated carbocycles. The Bertz CT molecular complexity index is 885. The normalized spacial score (nSPS) is 10.9. The van der Waals surface area contributed by atoms with E-state index in [0.29, 0.717) is 18.1 Å². The van der Waals surface area contributed by atoms with Gasteiger partial charge >= 0.3 is 0 Å². The fourth-order valence-corrected chi connectivity index (χ4v) is 2.75. The molecule has 8 heteroatoms. The Morgan fingerprint density at radius 2 is 2.08 bits per heavy atom. The van der Waals surface area contributed by atoms with Crippen LogP contribution in [0.4, 0.5) is 0 Å². The number of carbonyl (C=O) groups is 1. The molecule has 7 nitrogen and oxygen atoms in total. The molecule has 0 aliphatic rings. The number of imidazole rings is 1. The van der Waals surface area contributed by atoms with Gasteiger partial charge in [0, 0.05) is 49.9 Å². The molecule has 1 amide bonds. The molecule has 0 aliphatic carbocycles. The van der Waals surface area contributed by atoms with Gasteiger partial charge in [0.2, 0.25) is 5.91 Å². The number of carbonyl (C=O) groups excluding carboxylic acids is 1. The first-order chi connectivity index (χ1) is 12.6. The summed E-state index contributed by atoms with van der Waals surface area (Å²) in [6, 6.07) is 7.61. The minimum absolute atomic E-state index is 0.0493. The van der Waals surface area contributed by atoms with Crippen molar-refractivity contribution in [2.24, 2.45) is 7.05 Å². The molecule has 0 radical (unpaired) electrons. The summed E-state index contributed by atoms with van der Waals surface area (Å²) in [5.41, 5.74) is 2.74. The molecule has 1 aromatic carbocycles. The van der Waals surface area contributed by atoms with Crippen molar-refractivity contribution in [3.05, 3.63) is 47.9 Å². The van der Waals surface area contributed by atoms with E-state index in [-0.39, 0.29) is 12.5 Å². The van der Waals surface area contributed by atoms with Gasteiger partial charge in [0.25, 0.3) is 0 Å². The van der Waals surface area contributed by atoms with E-state index in [9.17, 15) is 4.79 Å². The van der Waals surface area contributed by atoms with Gasteiger partial charge in [0.05, 0.1) is 6.54 Å². The van der Waals surface area contributed by atoms with Crippen LogP contribution in [0.2, 0.25) is 5.02 Å². The number of benzene rings is 1. The molecule has 136 valence electrons. The van der Waals surface area contributed by atoms with E-state index in [1.54, 1.807) is 10.9 Å². The molecule has 2 aromatic heterocycles. The van der Waals surface area contributed by atoms with Crippen molar-refractivity contribution in [3.63, 3.8) is 0 Å². The minimum Gasteiger partial charge on any atom is -0.375 e. The maximum atomic E-state index is 11.5. The van der Waals surface area contributed by atoms with Crippen LogP contribution in [0, 0.1) is 0 Å². The van der Waals surface area contributed by atoms with Crippen LogP contribution in [-0.4, -0.2) is 45.5 Å². The Hall–Kier alpha value is -2.64. The van der Waals surface area contributed by atoms with Gasteiger partial charge in [-0.1, -0.05) is 23.7 Å². The van der Waals surface area contributed by atoms with E-state index >= 15 is 0 Å². The highest BCUT2D eigenvalue weighted by molar-refractivity contribution is 6.30. The van der Waals surface area contributed by atoms with Crippen LogP contribution in [0.1, 0.15) is 0 Å². The Labute approximate surface area is 156 Å². The Kier molecular flexibility index (Phi) is 5.70. The predicted octanol–water partition coefficient (Wildman–Crippen LogP) is 2.37. The summed E-state index contributed by atoms with van der Waals surface area (Å²) in [6.07, 6.45) is 5.58. The number of nitrogens with zero attached hydrogens (tertiary/aromatic N) is 4. The lowest BCUT2D eigenvalue weighted by atomic mass is 10.1. The molecule has 1 N–H and O–H groups in total. The second-order valence-electron chi connectivity index (χ2n) is 5.81. The maximum absolute atomic E-state index is 11.5. The topological polar surface area (TPSA) is 74.0 Å². The number of aryl methyl sites for hydroxylation is 1. The van der Waals surface area contributed by atoms with Gasteiger partial charge < -0.3 is 14.6 Å². The molecular weight excluding hydrogens is 354 g/mol. The van der Waals surface area contributed by atoms with Crippen molar-refractivity contribution < 1.29 is 9.53 Å². The van der Waals surface area contributed by atoms with E-state index in [1.807, 2.05) is 48.3 Å². The molecule has 0 aliphatic heterocycles. The molecule has 0 bridgehead atoms. The molecule has 3 rings (SSSR count).